The van der Waals surface area contributed by atoms with Gasteiger partial charge in [0.25, 0.3) is 0 Å². The van der Waals surface area contributed by atoms with Crippen LogP contribution in [0.15, 0.2) is 12.2 Å². The topological polar surface area (TPSA) is 78.5 Å². The number of carbonyl (C=O) groups excluding carboxylic acids is 2. The van der Waals surface area contributed by atoms with E-state index in [2.05, 4.69) is 11.9 Å². The Kier molecular flexibility index (Phi) is 5.01. The minimum atomic E-state index is -1.35. The van der Waals surface area contributed by atoms with Crippen molar-refractivity contribution in [3.8, 4) is 0 Å². The maximum atomic E-state index is 11.3. The molecule has 0 aliphatic heterocycles. The van der Waals surface area contributed by atoms with Gasteiger partial charge >= 0.3 is 6.09 Å². The third-order valence-corrected chi connectivity index (χ3v) is 1.53. The average molecular weight is 228 g/mol. The Labute approximate surface area is 95.5 Å². The smallest absolute Gasteiger partial charge is 0.408 e. The summed E-state index contributed by atoms with van der Waals surface area (Å²) in [6.45, 7) is 10.3. The van der Waals surface area contributed by atoms with E-state index in [0.29, 0.717) is 5.57 Å². The van der Waals surface area contributed by atoms with E-state index >= 15 is 0 Å². The first-order valence-corrected chi connectivity index (χ1v) is 4.96. The van der Waals surface area contributed by atoms with Crippen molar-refractivity contribution in [1.82, 2.24) is 5.32 Å². The van der Waals surface area contributed by atoms with Crippen LogP contribution in [0.5, 0.6) is 0 Å². The number of hydrogen-bond donors (Lipinski definition) is 1. The van der Waals surface area contributed by atoms with Gasteiger partial charge in [-0.15, -0.1) is 6.58 Å². The molecule has 1 N–H and O–H groups in total. The summed E-state index contributed by atoms with van der Waals surface area (Å²) in [5, 5.41) is 12.9. The Morgan fingerprint density at radius 1 is 1.44 bits per heavy atom. The molecule has 16 heavy (non-hydrogen) atoms. The van der Waals surface area contributed by atoms with Gasteiger partial charge in [0.05, 0.1) is 12.0 Å². The minimum Gasteiger partial charge on any atom is -0.548 e. The zero-order valence-corrected chi connectivity index (χ0v) is 10.1. The Morgan fingerprint density at radius 2 is 1.94 bits per heavy atom. The van der Waals surface area contributed by atoms with Crippen LogP contribution in [0.2, 0.25) is 0 Å². The first-order chi connectivity index (χ1) is 7.11. The fourth-order valence-electron chi connectivity index (χ4n) is 0.992. The van der Waals surface area contributed by atoms with Gasteiger partial charge in [0, 0.05) is 0 Å². The predicted molar refractivity (Wildman–Crippen MR) is 57.6 cm³/mol. The molecule has 0 bridgehead atoms. The highest BCUT2D eigenvalue weighted by Crippen LogP contribution is 2.08. The van der Waals surface area contributed by atoms with Crippen molar-refractivity contribution in [2.75, 3.05) is 0 Å². The van der Waals surface area contributed by atoms with Gasteiger partial charge in [0.15, 0.2) is 0 Å². The zero-order chi connectivity index (χ0) is 12.9. The monoisotopic (exact) mass is 228 g/mol. The van der Waals surface area contributed by atoms with Crippen molar-refractivity contribution in [2.45, 2.75) is 45.8 Å². The van der Waals surface area contributed by atoms with Crippen molar-refractivity contribution in [3.05, 3.63) is 12.2 Å². The summed E-state index contributed by atoms with van der Waals surface area (Å²) >= 11 is 0. The molecular formula is C11H18NO4-. The maximum absolute atomic E-state index is 11.3. The van der Waals surface area contributed by atoms with E-state index in [9.17, 15) is 14.7 Å². The van der Waals surface area contributed by atoms with Crippen LogP contribution in [-0.4, -0.2) is 23.7 Å². The van der Waals surface area contributed by atoms with Crippen molar-refractivity contribution in [2.24, 2.45) is 0 Å². The lowest BCUT2D eigenvalue weighted by atomic mass is 10.1. The molecule has 92 valence electrons. The molecule has 1 unspecified atom stereocenters. The number of carboxylic acid groups (broad SMARTS) is 1. The van der Waals surface area contributed by atoms with Gasteiger partial charge in [-0.25, -0.2) is 4.79 Å². The molecule has 0 saturated carbocycles. The molecule has 0 radical (unpaired) electrons. The standard InChI is InChI=1S/C11H19NO4/c1-7(2)6-8(9(13)14)12-10(15)16-11(3,4)5/h8H,1,6H2,2-5H3,(H,12,15)(H,13,14)/p-1. The molecule has 0 aliphatic rings. The summed E-state index contributed by atoms with van der Waals surface area (Å²) in [6, 6.07) is -1.10. The lowest BCUT2D eigenvalue weighted by Gasteiger charge is -2.24. The molecule has 5 heteroatoms. The molecule has 0 aliphatic carbocycles. The number of alkyl carbamates (subject to hydrolysis) is 1. The van der Waals surface area contributed by atoms with Gasteiger partial charge in [0.2, 0.25) is 0 Å². The number of nitrogens with one attached hydrogen (secondary N) is 1. The lowest BCUT2D eigenvalue weighted by Crippen LogP contribution is -2.49. The van der Waals surface area contributed by atoms with Crippen LogP contribution in [0.1, 0.15) is 34.1 Å². The van der Waals surface area contributed by atoms with Crippen molar-refractivity contribution < 1.29 is 19.4 Å². The van der Waals surface area contributed by atoms with Crippen molar-refractivity contribution in [3.63, 3.8) is 0 Å². The highest BCUT2D eigenvalue weighted by atomic mass is 16.6. The number of amides is 1. The zero-order valence-electron chi connectivity index (χ0n) is 10.1. The van der Waals surface area contributed by atoms with E-state index < -0.39 is 23.7 Å². The second kappa shape index (κ2) is 5.53. The van der Waals surface area contributed by atoms with Crippen molar-refractivity contribution >= 4 is 12.1 Å². The summed E-state index contributed by atoms with van der Waals surface area (Å²) in [6.07, 6.45) is -0.648. The van der Waals surface area contributed by atoms with Crippen LogP contribution < -0.4 is 10.4 Å². The number of rotatable bonds is 4. The Morgan fingerprint density at radius 3 is 2.25 bits per heavy atom. The van der Waals surface area contributed by atoms with Crippen molar-refractivity contribution in [1.29, 1.82) is 0 Å². The van der Waals surface area contributed by atoms with Gasteiger partial charge in [-0.05, 0) is 34.1 Å². The SMILES string of the molecule is C=C(C)CC(NC(=O)OC(C)(C)C)C(=O)[O-]. The Balaban J connectivity index is 4.35. The number of ether oxygens (including phenoxy) is 1. The molecule has 0 heterocycles. The molecule has 0 spiro atoms. The second-order valence-electron chi connectivity index (χ2n) is 4.68. The highest BCUT2D eigenvalue weighted by molar-refractivity contribution is 5.79. The summed E-state index contributed by atoms with van der Waals surface area (Å²) in [7, 11) is 0. The summed E-state index contributed by atoms with van der Waals surface area (Å²) in [5.74, 6) is -1.35. The van der Waals surface area contributed by atoms with Crippen LogP contribution >= 0.6 is 0 Å². The number of hydrogen-bond acceptors (Lipinski definition) is 4. The van der Waals surface area contributed by atoms with E-state index in [1.54, 1.807) is 27.7 Å². The minimum absolute atomic E-state index is 0.127. The molecule has 0 aromatic rings. The molecule has 0 aromatic carbocycles. The average Bonchev–Trinajstić information content (AvgIpc) is 1.97. The maximum Gasteiger partial charge on any atom is 0.408 e. The highest BCUT2D eigenvalue weighted by Gasteiger charge is 2.19. The lowest BCUT2D eigenvalue weighted by molar-refractivity contribution is -0.308. The number of carboxylic acids is 1. The molecule has 0 aromatic heterocycles. The summed E-state index contributed by atoms with van der Waals surface area (Å²) in [4.78, 5) is 22.0. The van der Waals surface area contributed by atoms with Gasteiger partial charge in [0.1, 0.15) is 5.60 Å². The van der Waals surface area contributed by atoms with Gasteiger partial charge in [-0.1, -0.05) is 5.57 Å². The quantitative estimate of drug-likeness (QED) is 0.714. The van der Waals surface area contributed by atoms with Crippen LogP contribution in [0.25, 0.3) is 0 Å². The normalized spacial score (nSPS) is 12.8. The second-order valence-corrected chi connectivity index (χ2v) is 4.68. The molecule has 0 rings (SSSR count). The number of aliphatic carboxylic acids is 1. The predicted octanol–water partition coefficient (Wildman–Crippen LogP) is 0.596. The molecular weight excluding hydrogens is 210 g/mol. The molecule has 1 atom stereocenters. The van der Waals surface area contributed by atoms with Crippen LogP contribution in [-0.2, 0) is 9.53 Å². The first-order valence-electron chi connectivity index (χ1n) is 4.96. The third kappa shape index (κ3) is 6.86. The summed E-state index contributed by atoms with van der Waals surface area (Å²) < 4.78 is 4.93. The molecule has 1 amide bonds. The fraction of sp³-hybridized carbons (Fsp3) is 0.636. The van der Waals surface area contributed by atoms with E-state index in [4.69, 9.17) is 4.74 Å². The van der Waals surface area contributed by atoms with Crippen LogP contribution in [0.3, 0.4) is 0 Å². The van der Waals surface area contributed by atoms with Gasteiger partial charge in [-0.3, -0.25) is 0 Å². The van der Waals surface area contributed by atoms with Crippen LogP contribution in [0.4, 0.5) is 4.79 Å². The Hall–Kier alpha value is -1.52. The van der Waals surface area contributed by atoms with E-state index in [1.165, 1.54) is 0 Å². The number of carbonyl (C=O) groups is 2. The van der Waals surface area contributed by atoms with Gasteiger partial charge in [-0.2, -0.15) is 0 Å². The largest absolute Gasteiger partial charge is 0.548 e. The third-order valence-electron chi connectivity index (χ3n) is 1.53. The fourth-order valence-corrected chi connectivity index (χ4v) is 0.992. The van der Waals surface area contributed by atoms with E-state index in [-0.39, 0.29) is 6.42 Å². The Bertz CT molecular complexity index is 291. The molecule has 5 nitrogen and oxygen atoms in total. The van der Waals surface area contributed by atoms with E-state index in [0.717, 1.165) is 0 Å². The van der Waals surface area contributed by atoms with E-state index in [1.807, 2.05) is 0 Å². The molecule has 0 saturated heterocycles. The molecule has 0 fully saturated rings. The van der Waals surface area contributed by atoms with Gasteiger partial charge < -0.3 is 20.0 Å². The van der Waals surface area contributed by atoms with Crippen LogP contribution in [0, 0.1) is 0 Å². The summed E-state index contributed by atoms with van der Waals surface area (Å²) in [5.41, 5.74) is -0.0191. The first kappa shape index (κ1) is 14.5.